The Bertz CT molecular complexity index is 352. The van der Waals surface area contributed by atoms with E-state index in [1.807, 2.05) is 30.3 Å². The molecule has 1 saturated carbocycles. The molecule has 2 heteroatoms. The Labute approximate surface area is 123 Å². The third-order valence-corrected chi connectivity index (χ3v) is 4.36. The molecule has 2 unspecified atom stereocenters. The maximum Gasteiger partial charge on any atom is 0.119 e. The molecular weight excluding hydrogens is 246 g/mol. The van der Waals surface area contributed by atoms with Gasteiger partial charge in [0.15, 0.2) is 0 Å². The van der Waals surface area contributed by atoms with Crippen molar-refractivity contribution in [2.75, 3.05) is 13.2 Å². The van der Waals surface area contributed by atoms with Crippen LogP contribution in [0.15, 0.2) is 30.3 Å². The van der Waals surface area contributed by atoms with Gasteiger partial charge in [-0.25, -0.2) is 0 Å². The maximum absolute atomic E-state index is 5.80. The van der Waals surface area contributed by atoms with Crippen LogP contribution in [0.3, 0.4) is 0 Å². The summed E-state index contributed by atoms with van der Waals surface area (Å²) in [6.45, 7) is 4.17. The van der Waals surface area contributed by atoms with Crippen molar-refractivity contribution in [3.63, 3.8) is 0 Å². The number of hydrogen-bond acceptors (Lipinski definition) is 2. The lowest BCUT2D eigenvalue weighted by molar-refractivity contribution is 0.262. The molecule has 0 amide bonds. The molecule has 0 aliphatic heterocycles. The van der Waals surface area contributed by atoms with E-state index in [0.717, 1.165) is 30.9 Å². The summed E-state index contributed by atoms with van der Waals surface area (Å²) in [5, 5.41) is 3.69. The minimum atomic E-state index is 0.735. The standard InChI is InChI=1S/C18H29NO/c1-2-19-18-14-8-3-5-10-16(18)11-9-15-20-17-12-6-4-7-13-17/h4,6-7,12-13,16,18-19H,2-3,5,8-11,14-15H2,1H3. The first kappa shape index (κ1) is 15.4. The fourth-order valence-corrected chi connectivity index (χ4v) is 3.31. The molecule has 0 saturated heterocycles. The van der Waals surface area contributed by atoms with E-state index in [2.05, 4.69) is 12.2 Å². The maximum atomic E-state index is 5.80. The summed E-state index contributed by atoms with van der Waals surface area (Å²) < 4.78 is 5.80. The van der Waals surface area contributed by atoms with Gasteiger partial charge in [-0.1, -0.05) is 44.4 Å². The van der Waals surface area contributed by atoms with Gasteiger partial charge in [0.05, 0.1) is 6.61 Å². The fraction of sp³-hybridized carbons (Fsp3) is 0.667. The number of ether oxygens (including phenoxy) is 1. The molecule has 1 aromatic carbocycles. The minimum Gasteiger partial charge on any atom is -0.494 e. The summed E-state index contributed by atoms with van der Waals surface area (Å²) in [5.41, 5.74) is 0. The summed E-state index contributed by atoms with van der Waals surface area (Å²) in [7, 11) is 0. The molecule has 1 aliphatic carbocycles. The third-order valence-electron chi connectivity index (χ3n) is 4.36. The lowest BCUT2D eigenvalue weighted by atomic mass is 9.90. The highest BCUT2D eigenvalue weighted by Crippen LogP contribution is 2.27. The Morgan fingerprint density at radius 1 is 1.10 bits per heavy atom. The summed E-state index contributed by atoms with van der Waals surface area (Å²) in [6.07, 6.45) is 9.44. The summed E-state index contributed by atoms with van der Waals surface area (Å²) in [6, 6.07) is 10.9. The molecule has 1 fully saturated rings. The van der Waals surface area contributed by atoms with Gasteiger partial charge >= 0.3 is 0 Å². The van der Waals surface area contributed by atoms with E-state index in [-0.39, 0.29) is 0 Å². The van der Waals surface area contributed by atoms with Gasteiger partial charge in [-0.3, -0.25) is 0 Å². The van der Waals surface area contributed by atoms with Gasteiger partial charge in [0.1, 0.15) is 5.75 Å². The van der Waals surface area contributed by atoms with Crippen LogP contribution in [0, 0.1) is 5.92 Å². The lowest BCUT2D eigenvalue weighted by Crippen LogP contribution is -2.35. The number of rotatable bonds is 7. The second-order valence-electron chi connectivity index (χ2n) is 5.87. The number of nitrogens with one attached hydrogen (secondary N) is 1. The summed E-state index contributed by atoms with van der Waals surface area (Å²) >= 11 is 0. The molecular formula is C18H29NO. The minimum absolute atomic E-state index is 0.735. The molecule has 2 rings (SSSR count). The van der Waals surface area contributed by atoms with Crippen molar-refractivity contribution < 1.29 is 4.74 Å². The Morgan fingerprint density at radius 2 is 1.90 bits per heavy atom. The van der Waals surface area contributed by atoms with Crippen LogP contribution in [0.1, 0.15) is 51.9 Å². The smallest absolute Gasteiger partial charge is 0.119 e. The van der Waals surface area contributed by atoms with E-state index in [0.29, 0.717) is 0 Å². The first-order valence-electron chi connectivity index (χ1n) is 8.31. The van der Waals surface area contributed by atoms with Crippen molar-refractivity contribution in [1.29, 1.82) is 0 Å². The molecule has 0 bridgehead atoms. The molecule has 1 aliphatic rings. The SMILES string of the molecule is CCNC1CCCCCC1CCCOc1ccccc1. The highest BCUT2D eigenvalue weighted by Gasteiger charge is 2.22. The Kier molecular flexibility index (Phi) is 6.93. The monoisotopic (exact) mass is 275 g/mol. The van der Waals surface area contributed by atoms with Gasteiger partial charge in [-0.05, 0) is 50.3 Å². The Morgan fingerprint density at radius 3 is 2.70 bits per heavy atom. The summed E-state index contributed by atoms with van der Waals surface area (Å²) in [4.78, 5) is 0. The van der Waals surface area contributed by atoms with E-state index in [1.54, 1.807) is 0 Å². The summed E-state index contributed by atoms with van der Waals surface area (Å²) in [5.74, 6) is 1.84. The first-order valence-corrected chi connectivity index (χ1v) is 8.31. The van der Waals surface area contributed by atoms with Crippen LogP contribution in [0.5, 0.6) is 5.75 Å². The van der Waals surface area contributed by atoms with E-state index >= 15 is 0 Å². The number of para-hydroxylation sites is 1. The second-order valence-corrected chi connectivity index (χ2v) is 5.87. The van der Waals surface area contributed by atoms with Crippen LogP contribution in [0.2, 0.25) is 0 Å². The molecule has 1 aromatic rings. The van der Waals surface area contributed by atoms with E-state index in [9.17, 15) is 0 Å². The molecule has 0 aromatic heterocycles. The van der Waals surface area contributed by atoms with E-state index < -0.39 is 0 Å². The van der Waals surface area contributed by atoms with Gasteiger partial charge in [0, 0.05) is 6.04 Å². The van der Waals surface area contributed by atoms with Crippen LogP contribution in [-0.2, 0) is 0 Å². The lowest BCUT2D eigenvalue weighted by Gasteiger charge is -2.26. The molecule has 1 N–H and O–H groups in total. The third kappa shape index (κ3) is 5.16. The normalized spacial score (nSPS) is 23.2. The predicted molar refractivity (Wildman–Crippen MR) is 85.2 cm³/mol. The fourth-order valence-electron chi connectivity index (χ4n) is 3.31. The number of hydrogen-bond donors (Lipinski definition) is 1. The van der Waals surface area contributed by atoms with Crippen LogP contribution in [-0.4, -0.2) is 19.2 Å². The zero-order valence-electron chi connectivity index (χ0n) is 12.8. The van der Waals surface area contributed by atoms with Crippen molar-refractivity contribution in [3.05, 3.63) is 30.3 Å². The zero-order chi connectivity index (χ0) is 14.0. The van der Waals surface area contributed by atoms with Crippen molar-refractivity contribution >= 4 is 0 Å². The Balaban J connectivity index is 1.70. The molecule has 20 heavy (non-hydrogen) atoms. The zero-order valence-corrected chi connectivity index (χ0v) is 12.8. The molecule has 2 atom stereocenters. The highest BCUT2D eigenvalue weighted by atomic mass is 16.5. The highest BCUT2D eigenvalue weighted by molar-refractivity contribution is 5.20. The van der Waals surface area contributed by atoms with Gasteiger partial charge in [-0.15, -0.1) is 0 Å². The second kappa shape index (κ2) is 9.02. The van der Waals surface area contributed by atoms with Crippen LogP contribution < -0.4 is 10.1 Å². The van der Waals surface area contributed by atoms with E-state index in [1.165, 1.54) is 44.9 Å². The van der Waals surface area contributed by atoms with Crippen LogP contribution in [0.4, 0.5) is 0 Å². The van der Waals surface area contributed by atoms with E-state index in [4.69, 9.17) is 4.74 Å². The van der Waals surface area contributed by atoms with Crippen molar-refractivity contribution in [2.24, 2.45) is 5.92 Å². The quantitative estimate of drug-likeness (QED) is 0.588. The Hall–Kier alpha value is -1.02. The van der Waals surface area contributed by atoms with Crippen LogP contribution >= 0.6 is 0 Å². The van der Waals surface area contributed by atoms with Gasteiger partial charge in [0.2, 0.25) is 0 Å². The molecule has 0 spiro atoms. The van der Waals surface area contributed by atoms with Crippen molar-refractivity contribution in [2.45, 2.75) is 57.9 Å². The molecule has 0 radical (unpaired) electrons. The first-order chi connectivity index (χ1) is 9.90. The van der Waals surface area contributed by atoms with Crippen molar-refractivity contribution in [1.82, 2.24) is 5.32 Å². The molecule has 0 heterocycles. The average Bonchev–Trinajstić information content (AvgIpc) is 2.71. The predicted octanol–water partition coefficient (Wildman–Crippen LogP) is 4.40. The van der Waals surface area contributed by atoms with Gasteiger partial charge in [0.25, 0.3) is 0 Å². The topological polar surface area (TPSA) is 21.3 Å². The largest absolute Gasteiger partial charge is 0.494 e. The number of benzene rings is 1. The van der Waals surface area contributed by atoms with Crippen molar-refractivity contribution in [3.8, 4) is 5.75 Å². The van der Waals surface area contributed by atoms with Gasteiger partial charge in [-0.2, -0.15) is 0 Å². The molecule has 112 valence electrons. The van der Waals surface area contributed by atoms with Crippen LogP contribution in [0.25, 0.3) is 0 Å². The average molecular weight is 275 g/mol. The van der Waals surface area contributed by atoms with Gasteiger partial charge < -0.3 is 10.1 Å². The molecule has 2 nitrogen and oxygen atoms in total.